The average Bonchev–Trinajstić information content (AvgIpc) is 2.38. The highest BCUT2D eigenvalue weighted by atomic mass is 35.5. The van der Waals surface area contributed by atoms with Gasteiger partial charge in [-0.15, -0.1) is 0 Å². The highest BCUT2D eigenvalue weighted by Crippen LogP contribution is 2.33. The monoisotopic (exact) mass is 278 g/mol. The fourth-order valence-corrected chi connectivity index (χ4v) is 2.25. The smallest absolute Gasteiger partial charge is 0.146 e. The summed E-state index contributed by atoms with van der Waals surface area (Å²) < 4.78 is 13.8. The summed E-state index contributed by atoms with van der Waals surface area (Å²) in [5.74, 6) is -0.280. The SMILES string of the molecule is C[C@H](N)c1ccc(N(C)c2ccccc2F)c(Cl)c1. The van der Waals surface area contributed by atoms with Crippen LogP contribution in [0.5, 0.6) is 0 Å². The van der Waals surface area contributed by atoms with Crippen LogP contribution in [-0.2, 0) is 0 Å². The molecule has 0 saturated carbocycles. The van der Waals surface area contributed by atoms with Gasteiger partial charge in [0.05, 0.1) is 16.4 Å². The largest absolute Gasteiger partial charge is 0.341 e. The summed E-state index contributed by atoms with van der Waals surface area (Å²) in [7, 11) is 1.78. The first-order valence-electron chi connectivity index (χ1n) is 6.04. The van der Waals surface area contributed by atoms with Gasteiger partial charge in [-0.2, -0.15) is 0 Å². The molecule has 0 aliphatic rings. The topological polar surface area (TPSA) is 29.3 Å². The average molecular weight is 279 g/mol. The molecule has 0 fully saturated rings. The Morgan fingerprint density at radius 3 is 2.42 bits per heavy atom. The van der Waals surface area contributed by atoms with E-state index in [1.165, 1.54) is 6.07 Å². The van der Waals surface area contributed by atoms with Crippen LogP contribution in [0.4, 0.5) is 15.8 Å². The second-order valence-corrected chi connectivity index (χ2v) is 4.92. The molecule has 0 unspecified atom stereocenters. The van der Waals surface area contributed by atoms with E-state index >= 15 is 0 Å². The number of hydrogen-bond acceptors (Lipinski definition) is 2. The Balaban J connectivity index is 2.40. The molecule has 2 N–H and O–H groups in total. The van der Waals surface area contributed by atoms with Gasteiger partial charge >= 0.3 is 0 Å². The van der Waals surface area contributed by atoms with Crippen LogP contribution in [0.1, 0.15) is 18.5 Å². The van der Waals surface area contributed by atoms with Crippen molar-refractivity contribution >= 4 is 23.0 Å². The van der Waals surface area contributed by atoms with Crippen LogP contribution in [-0.4, -0.2) is 7.05 Å². The molecule has 0 heterocycles. The molecule has 0 aromatic heterocycles. The molecule has 4 heteroatoms. The molecule has 0 spiro atoms. The lowest BCUT2D eigenvalue weighted by molar-refractivity contribution is 0.627. The molecular formula is C15H16ClFN2. The van der Waals surface area contributed by atoms with Crippen LogP contribution >= 0.6 is 11.6 Å². The fraction of sp³-hybridized carbons (Fsp3) is 0.200. The van der Waals surface area contributed by atoms with Gasteiger partial charge in [-0.1, -0.05) is 29.8 Å². The zero-order valence-corrected chi connectivity index (χ0v) is 11.7. The summed E-state index contributed by atoms with van der Waals surface area (Å²) in [6.07, 6.45) is 0. The zero-order chi connectivity index (χ0) is 14.0. The molecule has 2 nitrogen and oxygen atoms in total. The summed E-state index contributed by atoms with van der Waals surface area (Å²) in [6.45, 7) is 1.89. The van der Waals surface area contributed by atoms with Crippen molar-refractivity contribution in [3.63, 3.8) is 0 Å². The van der Waals surface area contributed by atoms with E-state index in [0.29, 0.717) is 10.7 Å². The van der Waals surface area contributed by atoms with E-state index in [1.807, 2.05) is 25.1 Å². The normalized spacial score (nSPS) is 12.3. The van der Waals surface area contributed by atoms with Gasteiger partial charge in [0.25, 0.3) is 0 Å². The maximum absolute atomic E-state index is 13.8. The summed E-state index contributed by atoms with van der Waals surface area (Å²) in [4.78, 5) is 1.72. The molecule has 0 aliphatic carbocycles. The van der Waals surface area contributed by atoms with Crippen LogP contribution in [0, 0.1) is 5.82 Å². The molecule has 0 bridgehead atoms. The van der Waals surface area contributed by atoms with Crippen molar-refractivity contribution < 1.29 is 4.39 Å². The van der Waals surface area contributed by atoms with Gasteiger partial charge in [-0.3, -0.25) is 0 Å². The van der Waals surface area contributed by atoms with Crippen LogP contribution in [0.3, 0.4) is 0 Å². The minimum atomic E-state index is -0.280. The number of anilines is 2. The van der Waals surface area contributed by atoms with Gasteiger partial charge in [0.1, 0.15) is 5.82 Å². The zero-order valence-electron chi connectivity index (χ0n) is 10.9. The lowest BCUT2D eigenvalue weighted by Crippen LogP contribution is -2.12. The van der Waals surface area contributed by atoms with E-state index in [-0.39, 0.29) is 11.9 Å². The lowest BCUT2D eigenvalue weighted by Gasteiger charge is -2.22. The third-order valence-electron chi connectivity index (χ3n) is 3.07. The van der Waals surface area contributed by atoms with Gasteiger partial charge in [-0.05, 0) is 36.8 Å². The van der Waals surface area contributed by atoms with Crippen molar-refractivity contribution in [2.75, 3.05) is 11.9 Å². The van der Waals surface area contributed by atoms with Gasteiger partial charge in [0, 0.05) is 13.1 Å². The number of nitrogens with two attached hydrogens (primary N) is 1. The van der Waals surface area contributed by atoms with Crippen molar-refractivity contribution in [1.82, 2.24) is 0 Å². The summed E-state index contributed by atoms with van der Waals surface area (Å²) in [5, 5.41) is 0.556. The van der Waals surface area contributed by atoms with Crippen LogP contribution in [0.15, 0.2) is 42.5 Å². The Labute approximate surface area is 117 Å². The first-order valence-corrected chi connectivity index (χ1v) is 6.42. The quantitative estimate of drug-likeness (QED) is 0.909. The number of rotatable bonds is 3. The Bertz CT molecular complexity index is 584. The highest BCUT2D eigenvalue weighted by Gasteiger charge is 2.13. The minimum absolute atomic E-state index is 0.0784. The maximum Gasteiger partial charge on any atom is 0.146 e. The summed E-state index contributed by atoms with van der Waals surface area (Å²) in [6, 6.07) is 12.1. The molecule has 0 aliphatic heterocycles. The standard InChI is InChI=1S/C15H16ClFN2/c1-10(18)11-7-8-14(12(16)9-11)19(2)15-6-4-3-5-13(15)17/h3-10H,18H2,1-2H3/t10-/m0/s1. The molecule has 2 rings (SSSR count). The fourth-order valence-electron chi connectivity index (χ4n) is 1.93. The van der Waals surface area contributed by atoms with E-state index < -0.39 is 0 Å². The van der Waals surface area contributed by atoms with Crippen molar-refractivity contribution in [2.45, 2.75) is 13.0 Å². The number of halogens is 2. The predicted octanol–water partition coefficient (Wildman–Crippen LogP) is 4.27. The molecule has 100 valence electrons. The predicted molar refractivity (Wildman–Crippen MR) is 78.5 cm³/mol. The van der Waals surface area contributed by atoms with Gasteiger partial charge in [0.15, 0.2) is 0 Å². The molecule has 1 atom stereocenters. The number of para-hydroxylation sites is 1. The molecule has 0 radical (unpaired) electrons. The van der Waals surface area contributed by atoms with Gasteiger partial charge < -0.3 is 10.6 Å². The minimum Gasteiger partial charge on any atom is -0.341 e. The van der Waals surface area contributed by atoms with E-state index in [1.54, 1.807) is 30.1 Å². The van der Waals surface area contributed by atoms with Crippen LogP contribution in [0.2, 0.25) is 5.02 Å². The maximum atomic E-state index is 13.8. The first-order chi connectivity index (χ1) is 9.00. The molecule has 2 aromatic rings. The van der Waals surface area contributed by atoms with Crippen molar-refractivity contribution in [3.05, 3.63) is 58.9 Å². The molecule has 0 saturated heterocycles. The number of nitrogens with zero attached hydrogens (tertiary/aromatic N) is 1. The molecule has 2 aromatic carbocycles. The second-order valence-electron chi connectivity index (χ2n) is 4.51. The highest BCUT2D eigenvalue weighted by molar-refractivity contribution is 6.33. The van der Waals surface area contributed by atoms with Crippen molar-refractivity contribution in [2.24, 2.45) is 5.73 Å². The molecular weight excluding hydrogens is 263 g/mol. The lowest BCUT2D eigenvalue weighted by atomic mass is 10.1. The Morgan fingerprint density at radius 2 is 1.84 bits per heavy atom. The first kappa shape index (κ1) is 13.8. The van der Waals surface area contributed by atoms with E-state index in [9.17, 15) is 4.39 Å². The van der Waals surface area contributed by atoms with Gasteiger partial charge in [-0.25, -0.2) is 4.39 Å². The summed E-state index contributed by atoms with van der Waals surface area (Å²) >= 11 is 6.25. The Hall–Kier alpha value is -1.58. The van der Waals surface area contributed by atoms with E-state index in [4.69, 9.17) is 17.3 Å². The number of benzene rings is 2. The van der Waals surface area contributed by atoms with Crippen molar-refractivity contribution in [1.29, 1.82) is 0 Å². The third-order valence-corrected chi connectivity index (χ3v) is 3.38. The molecule has 0 amide bonds. The van der Waals surface area contributed by atoms with Gasteiger partial charge in [0.2, 0.25) is 0 Å². The Kier molecular flexibility index (Phi) is 4.08. The molecule has 19 heavy (non-hydrogen) atoms. The van der Waals surface area contributed by atoms with Crippen LogP contribution < -0.4 is 10.6 Å². The Morgan fingerprint density at radius 1 is 1.16 bits per heavy atom. The van der Waals surface area contributed by atoms with Crippen molar-refractivity contribution in [3.8, 4) is 0 Å². The summed E-state index contributed by atoms with van der Waals surface area (Å²) in [5.41, 5.74) is 8.00. The van der Waals surface area contributed by atoms with E-state index in [0.717, 1.165) is 11.3 Å². The second kappa shape index (κ2) is 5.59. The number of hydrogen-bond donors (Lipinski definition) is 1. The van der Waals surface area contributed by atoms with E-state index in [2.05, 4.69) is 0 Å². The third kappa shape index (κ3) is 2.88. The van der Waals surface area contributed by atoms with Crippen LogP contribution in [0.25, 0.3) is 0 Å².